The molecule has 0 aliphatic heterocycles. The largest absolute Gasteiger partial charge is 0.359 e. The van der Waals surface area contributed by atoms with Crippen molar-refractivity contribution in [1.29, 1.82) is 0 Å². The van der Waals surface area contributed by atoms with Crippen molar-refractivity contribution in [2.45, 2.75) is 60.0 Å². The third-order valence-corrected chi connectivity index (χ3v) is 6.42. The molecule has 0 aromatic heterocycles. The number of ether oxygens (including phenoxy) is 2. The van der Waals surface area contributed by atoms with Crippen LogP contribution in [0.25, 0.3) is 0 Å². The second-order valence-electron chi connectivity index (χ2n) is 8.45. The van der Waals surface area contributed by atoms with Gasteiger partial charge in [0.05, 0.1) is 5.60 Å². The van der Waals surface area contributed by atoms with E-state index >= 15 is 0 Å². The fraction of sp³-hybridized carbons (Fsp3) is 0.750. The van der Waals surface area contributed by atoms with Gasteiger partial charge in [0, 0.05) is 23.9 Å². The van der Waals surface area contributed by atoms with E-state index in [0.29, 0.717) is 5.78 Å². The Morgan fingerprint density at radius 2 is 2.00 bits per heavy atom. The van der Waals surface area contributed by atoms with Crippen molar-refractivity contribution in [3.05, 3.63) is 23.8 Å². The van der Waals surface area contributed by atoms with Gasteiger partial charge in [-0.1, -0.05) is 38.0 Å². The normalized spacial score (nSPS) is 35.1. The number of fused-ring (bicyclic) bond motifs is 3. The van der Waals surface area contributed by atoms with E-state index < -0.39 is 11.0 Å². The van der Waals surface area contributed by atoms with Gasteiger partial charge in [-0.2, -0.15) is 0 Å². The van der Waals surface area contributed by atoms with Crippen LogP contribution in [0.15, 0.2) is 23.8 Å². The molecule has 3 aliphatic carbocycles. The van der Waals surface area contributed by atoms with Crippen LogP contribution in [0.4, 0.5) is 0 Å². The predicted octanol–water partition coefficient (Wildman–Crippen LogP) is 4.53. The highest BCUT2D eigenvalue weighted by Gasteiger charge is 2.64. The minimum Gasteiger partial charge on any atom is -0.359 e. The van der Waals surface area contributed by atoms with E-state index in [4.69, 9.17) is 9.47 Å². The number of carbonyl (C=O) groups is 1. The summed E-state index contributed by atoms with van der Waals surface area (Å²) >= 11 is 0. The molecule has 0 N–H and O–H groups in total. The van der Waals surface area contributed by atoms with Crippen LogP contribution in [0.1, 0.15) is 54.4 Å². The summed E-state index contributed by atoms with van der Waals surface area (Å²) in [5.41, 5.74) is 1.55. The quantitative estimate of drug-likeness (QED) is 0.551. The molecule has 0 heterocycles. The van der Waals surface area contributed by atoms with Crippen LogP contribution >= 0.6 is 0 Å². The van der Waals surface area contributed by atoms with Crippen LogP contribution < -0.4 is 0 Å². The van der Waals surface area contributed by atoms with E-state index in [1.807, 2.05) is 13.0 Å². The topological polar surface area (TPSA) is 35.5 Å². The molecular weight excluding hydrogens is 288 g/mol. The summed E-state index contributed by atoms with van der Waals surface area (Å²) < 4.78 is 11.1. The highest BCUT2D eigenvalue weighted by Crippen LogP contribution is 2.64. The van der Waals surface area contributed by atoms with Gasteiger partial charge in [0.15, 0.2) is 0 Å². The van der Waals surface area contributed by atoms with Gasteiger partial charge in [-0.25, -0.2) is 0 Å². The first-order valence-corrected chi connectivity index (χ1v) is 8.52. The second-order valence-corrected chi connectivity index (χ2v) is 8.45. The molecule has 3 nitrogen and oxygen atoms in total. The van der Waals surface area contributed by atoms with Crippen LogP contribution in [0.2, 0.25) is 0 Å². The van der Waals surface area contributed by atoms with Gasteiger partial charge >= 0.3 is 0 Å². The lowest BCUT2D eigenvalue weighted by atomic mass is 9.42. The van der Waals surface area contributed by atoms with E-state index in [-0.39, 0.29) is 24.0 Å². The maximum atomic E-state index is 13.3. The Kier molecular flexibility index (Phi) is 4.69. The standard InChI is InChI=1S/C20H32O3/c1-9-20(7,23-12-22-8)16-10-15-14(13(2)3)11-19(16,6)17(21)18(15,4)5/h9,15-16H,1,10-12H2,2-8H3/t15-,16+,19-,20?/m0/s1. The summed E-state index contributed by atoms with van der Waals surface area (Å²) in [6.07, 6.45) is 3.65. The number of Topliss-reactive ketones (excluding diaryl/α,β-unsaturated/α-hetero) is 1. The summed E-state index contributed by atoms with van der Waals surface area (Å²) in [6.45, 7) is 16.9. The lowest BCUT2D eigenvalue weighted by Crippen LogP contribution is -2.63. The number of hydrogen-bond donors (Lipinski definition) is 0. The Bertz CT molecular complexity index is 541. The minimum absolute atomic E-state index is 0.122. The number of allylic oxidation sites excluding steroid dienone is 2. The SMILES string of the molecule is C=CC(C)(OCOC)[C@@H]1C[C@H]2C(=C(C)C)C[C@]1(C)C(=O)C2(C)C. The smallest absolute Gasteiger partial charge is 0.147 e. The minimum atomic E-state index is -0.553. The van der Waals surface area contributed by atoms with Crippen molar-refractivity contribution in [2.75, 3.05) is 13.9 Å². The Balaban J connectivity index is 2.51. The van der Waals surface area contributed by atoms with E-state index in [1.165, 1.54) is 11.1 Å². The predicted molar refractivity (Wildman–Crippen MR) is 93.0 cm³/mol. The Morgan fingerprint density at radius 3 is 2.48 bits per heavy atom. The third-order valence-electron chi connectivity index (χ3n) is 6.42. The molecule has 0 amide bonds. The molecule has 0 aromatic carbocycles. The van der Waals surface area contributed by atoms with Crippen LogP contribution in [-0.4, -0.2) is 25.3 Å². The monoisotopic (exact) mass is 320 g/mol. The van der Waals surface area contributed by atoms with Crippen molar-refractivity contribution in [3.8, 4) is 0 Å². The number of carbonyl (C=O) groups excluding carboxylic acids is 1. The maximum Gasteiger partial charge on any atom is 0.147 e. The zero-order valence-corrected chi connectivity index (χ0v) is 15.8. The average Bonchev–Trinajstić information content (AvgIpc) is 2.49. The number of methoxy groups -OCH3 is 1. The zero-order chi connectivity index (χ0) is 17.6. The van der Waals surface area contributed by atoms with Crippen LogP contribution in [0.5, 0.6) is 0 Å². The van der Waals surface area contributed by atoms with Gasteiger partial charge < -0.3 is 9.47 Å². The molecule has 0 aromatic rings. The van der Waals surface area contributed by atoms with E-state index in [1.54, 1.807) is 7.11 Å². The Labute approximate surface area is 141 Å². The Hall–Kier alpha value is -0.930. The molecule has 3 fully saturated rings. The van der Waals surface area contributed by atoms with E-state index in [2.05, 4.69) is 41.2 Å². The Morgan fingerprint density at radius 1 is 1.39 bits per heavy atom. The lowest BCUT2D eigenvalue weighted by Gasteiger charge is -2.61. The average molecular weight is 320 g/mol. The molecule has 0 saturated heterocycles. The summed E-state index contributed by atoms with van der Waals surface area (Å²) in [5, 5.41) is 0. The first-order chi connectivity index (χ1) is 10.5. The molecule has 3 rings (SSSR count). The first kappa shape index (κ1) is 18.4. The van der Waals surface area contributed by atoms with Gasteiger partial charge in [-0.05, 0) is 39.5 Å². The van der Waals surface area contributed by atoms with Gasteiger partial charge in [0.2, 0.25) is 0 Å². The van der Waals surface area contributed by atoms with Crippen molar-refractivity contribution in [3.63, 3.8) is 0 Å². The highest BCUT2D eigenvalue weighted by molar-refractivity contribution is 5.93. The molecule has 130 valence electrons. The maximum absolute atomic E-state index is 13.3. The molecular formula is C20H32O3. The third kappa shape index (κ3) is 2.62. The fourth-order valence-electron chi connectivity index (χ4n) is 5.02. The number of rotatable bonds is 5. The van der Waals surface area contributed by atoms with Crippen molar-refractivity contribution in [1.82, 2.24) is 0 Å². The van der Waals surface area contributed by atoms with Crippen molar-refractivity contribution < 1.29 is 14.3 Å². The summed E-state index contributed by atoms with van der Waals surface area (Å²) in [5.74, 6) is 0.777. The molecule has 2 bridgehead atoms. The van der Waals surface area contributed by atoms with Gasteiger partial charge in [-0.3, -0.25) is 4.79 Å². The van der Waals surface area contributed by atoms with Crippen LogP contribution in [-0.2, 0) is 14.3 Å². The molecule has 3 saturated carbocycles. The molecule has 0 radical (unpaired) electrons. The van der Waals surface area contributed by atoms with Crippen LogP contribution in [0.3, 0.4) is 0 Å². The zero-order valence-electron chi connectivity index (χ0n) is 15.8. The van der Waals surface area contributed by atoms with Gasteiger partial charge in [-0.15, -0.1) is 6.58 Å². The summed E-state index contributed by atoms with van der Waals surface area (Å²) in [4.78, 5) is 13.3. The van der Waals surface area contributed by atoms with E-state index in [0.717, 1.165) is 12.8 Å². The molecule has 3 heteroatoms. The molecule has 0 spiro atoms. The molecule has 1 unspecified atom stereocenters. The van der Waals surface area contributed by atoms with Crippen LogP contribution in [0, 0.1) is 22.7 Å². The number of ketones is 1. The summed E-state index contributed by atoms with van der Waals surface area (Å²) in [6, 6.07) is 0. The first-order valence-electron chi connectivity index (χ1n) is 8.52. The molecule has 23 heavy (non-hydrogen) atoms. The summed E-state index contributed by atoms with van der Waals surface area (Å²) in [7, 11) is 1.62. The van der Waals surface area contributed by atoms with Crippen molar-refractivity contribution in [2.24, 2.45) is 22.7 Å². The second kappa shape index (κ2) is 5.86. The lowest BCUT2D eigenvalue weighted by molar-refractivity contribution is -0.186. The number of hydrogen-bond acceptors (Lipinski definition) is 3. The molecule has 3 aliphatic rings. The van der Waals surface area contributed by atoms with Gasteiger partial charge in [0.25, 0.3) is 0 Å². The molecule has 4 atom stereocenters. The highest BCUT2D eigenvalue weighted by atomic mass is 16.7. The van der Waals surface area contributed by atoms with Crippen molar-refractivity contribution >= 4 is 5.78 Å². The van der Waals surface area contributed by atoms with Gasteiger partial charge in [0.1, 0.15) is 12.6 Å². The fourth-order valence-corrected chi connectivity index (χ4v) is 5.02. The van der Waals surface area contributed by atoms with E-state index in [9.17, 15) is 4.79 Å².